The quantitative estimate of drug-likeness (QED) is 0.609. The molecule has 176 valence electrons. The number of hydrogen-bond donors (Lipinski definition) is 0. The van der Waals surface area contributed by atoms with Gasteiger partial charge in [0.25, 0.3) is 0 Å². The smallest absolute Gasteiger partial charge is 0.381 e. The van der Waals surface area contributed by atoms with Gasteiger partial charge in [-0.25, -0.2) is 8.42 Å². The molecule has 0 spiro atoms. The molecule has 2 atom stereocenters. The summed E-state index contributed by atoms with van der Waals surface area (Å²) in [5.74, 6) is 0. The van der Waals surface area contributed by atoms with E-state index in [1.54, 1.807) is 0 Å². The molecule has 1 aromatic carbocycles. The summed E-state index contributed by atoms with van der Waals surface area (Å²) in [6.07, 6.45) is -8.72. The molecule has 1 aromatic rings. The van der Waals surface area contributed by atoms with Gasteiger partial charge in [0.05, 0.1) is 28.4 Å². The van der Waals surface area contributed by atoms with Crippen LogP contribution in [0.25, 0.3) is 0 Å². The third-order valence-corrected chi connectivity index (χ3v) is 8.10. The first-order valence-corrected chi connectivity index (χ1v) is 11.4. The van der Waals surface area contributed by atoms with E-state index in [4.69, 9.17) is 4.74 Å². The van der Waals surface area contributed by atoms with Crippen molar-refractivity contribution in [2.24, 2.45) is 0 Å². The predicted octanol–water partition coefficient (Wildman–Crippen LogP) is 3.73. The number of nitrogens with zero attached hydrogens (tertiary/aromatic N) is 2. The van der Waals surface area contributed by atoms with Gasteiger partial charge in [-0.2, -0.15) is 26.3 Å². The minimum Gasteiger partial charge on any atom is -0.381 e. The van der Waals surface area contributed by atoms with E-state index in [0.717, 1.165) is 12.1 Å². The fraction of sp³-hybridized carbons (Fsp3) is 0.684. The van der Waals surface area contributed by atoms with E-state index >= 15 is 0 Å². The minimum absolute atomic E-state index is 0.0430. The molecule has 0 N–H and O–H groups in total. The molecule has 0 bridgehead atoms. The van der Waals surface area contributed by atoms with Crippen molar-refractivity contribution in [2.75, 3.05) is 44.7 Å². The van der Waals surface area contributed by atoms with Gasteiger partial charge in [0.15, 0.2) is 9.84 Å². The average molecular weight is 474 g/mol. The number of sulfone groups is 1. The van der Waals surface area contributed by atoms with Gasteiger partial charge in [0, 0.05) is 39.0 Å². The summed E-state index contributed by atoms with van der Waals surface area (Å²) in [6.45, 7) is -0.770. The highest BCUT2D eigenvalue weighted by Crippen LogP contribution is 2.40. The number of benzene rings is 1. The van der Waals surface area contributed by atoms with Crippen molar-refractivity contribution < 1.29 is 39.5 Å². The number of halogens is 6. The first kappa shape index (κ1) is 24.1. The van der Waals surface area contributed by atoms with Crippen LogP contribution < -0.4 is 4.90 Å². The molecule has 0 amide bonds. The summed E-state index contributed by atoms with van der Waals surface area (Å²) in [5, 5.41) is -0.949. The zero-order valence-electron chi connectivity index (χ0n) is 16.8. The van der Waals surface area contributed by atoms with Crippen molar-refractivity contribution in [3.05, 3.63) is 23.8 Å². The maximum atomic E-state index is 13.8. The Morgan fingerprint density at radius 1 is 1.03 bits per heavy atom. The molecule has 0 unspecified atom stereocenters. The van der Waals surface area contributed by atoms with Gasteiger partial charge in [-0.1, -0.05) is 0 Å². The van der Waals surface area contributed by atoms with Crippen LogP contribution in [0.3, 0.4) is 0 Å². The zero-order valence-corrected chi connectivity index (χ0v) is 17.7. The SMILES string of the molecule is CO[C@@H]1CC[C@@H](S(=O)(=O)c2ccc(N3CCN(CC(F)(F)F)CC3)cc2C(F)(F)F)C1. The van der Waals surface area contributed by atoms with E-state index in [9.17, 15) is 34.8 Å². The van der Waals surface area contributed by atoms with Gasteiger partial charge >= 0.3 is 12.4 Å². The lowest BCUT2D eigenvalue weighted by Gasteiger charge is -2.36. The van der Waals surface area contributed by atoms with Crippen LogP contribution in [0.2, 0.25) is 0 Å². The minimum atomic E-state index is -4.89. The molecule has 2 aliphatic rings. The van der Waals surface area contributed by atoms with Gasteiger partial charge in [-0.05, 0) is 37.5 Å². The molecular formula is C19H24F6N2O3S. The van der Waals surface area contributed by atoms with E-state index in [1.165, 1.54) is 23.0 Å². The van der Waals surface area contributed by atoms with Crippen molar-refractivity contribution >= 4 is 15.5 Å². The lowest BCUT2D eigenvalue weighted by Crippen LogP contribution is -2.49. The molecule has 1 aliphatic carbocycles. The number of hydrogen-bond acceptors (Lipinski definition) is 5. The van der Waals surface area contributed by atoms with Crippen LogP contribution in [0, 0.1) is 0 Å². The molecular weight excluding hydrogens is 450 g/mol. The Balaban J connectivity index is 1.83. The molecule has 1 aliphatic heterocycles. The highest BCUT2D eigenvalue weighted by molar-refractivity contribution is 7.92. The number of anilines is 1. The molecule has 0 radical (unpaired) electrons. The van der Waals surface area contributed by atoms with E-state index in [2.05, 4.69) is 0 Å². The Hall–Kier alpha value is -1.53. The topological polar surface area (TPSA) is 49.9 Å². The molecule has 3 rings (SSSR count). The second-order valence-electron chi connectivity index (χ2n) is 7.89. The van der Waals surface area contributed by atoms with Crippen molar-refractivity contribution in [2.45, 2.75) is 47.9 Å². The lowest BCUT2D eigenvalue weighted by atomic mass is 10.1. The molecule has 2 fully saturated rings. The van der Waals surface area contributed by atoms with Crippen LogP contribution in [0.5, 0.6) is 0 Å². The summed E-state index contributed by atoms with van der Waals surface area (Å²) >= 11 is 0. The Kier molecular flexibility index (Phi) is 6.83. The van der Waals surface area contributed by atoms with Crippen LogP contribution in [0.15, 0.2) is 23.1 Å². The van der Waals surface area contributed by atoms with E-state index < -0.39 is 44.4 Å². The normalized spacial score (nSPS) is 24.0. The van der Waals surface area contributed by atoms with Gasteiger partial charge < -0.3 is 9.64 Å². The number of ether oxygens (including phenoxy) is 1. The number of piperazine rings is 1. The van der Waals surface area contributed by atoms with E-state index in [0.29, 0.717) is 6.42 Å². The summed E-state index contributed by atoms with van der Waals surface area (Å²) < 4.78 is 110. The molecule has 1 saturated carbocycles. The van der Waals surface area contributed by atoms with Crippen LogP contribution >= 0.6 is 0 Å². The fourth-order valence-electron chi connectivity index (χ4n) is 4.18. The Labute approximate surface area is 176 Å². The van der Waals surface area contributed by atoms with Crippen LogP contribution in [-0.2, 0) is 20.8 Å². The number of methoxy groups -OCH3 is 1. The molecule has 31 heavy (non-hydrogen) atoms. The number of alkyl halides is 6. The van der Waals surface area contributed by atoms with Gasteiger partial charge in [0.2, 0.25) is 0 Å². The molecule has 1 heterocycles. The molecule has 1 saturated heterocycles. The fourth-order valence-corrected chi connectivity index (χ4v) is 6.19. The maximum absolute atomic E-state index is 13.8. The average Bonchev–Trinajstić information content (AvgIpc) is 3.16. The predicted molar refractivity (Wildman–Crippen MR) is 102 cm³/mol. The van der Waals surface area contributed by atoms with Crippen molar-refractivity contribution in [1.82, 2.24) is 4.90 Å². The lowest BCUT2D eigenvalue weighted by molar-refractivity contribution is -0.146. The summed E-state index contributed by atoms with van der Waals surface area (Å²) in [7, 11) is -2.79. The highest BCUT2D eigenvalue weighted by Gasteiger charge is 2.42. The van der Waals surface area contributed by atoms with Crippen LogP contribution in [-0.4, -0.2) is 70.7 Å². The van der Waals surface area contributed by atoms with Crippen molar-refractivity contribution in [1.29, 1.82) is 0 Å². The van der Waals surface area contributed by atoms with E-state index in [1.807, 2.05) is 0 Å². The zero-order chi connectivity index (χ0) is 23.0. The van der Waals surface area contributed by atoms with Crippen molar-refractivity contribution in [3.8, 4) is 0 Å². The largest absolute Gasteiger partial charge is 0.417 e. The third-order valence-electron chi connectivity index (χ3n) is 5.82. The summed E-state index contributed by atoms with van der Waals surface area (Å²) in [6, 6.07) is 3.05. The maximum Gasteiger partial charge on any atom is 0.417 e. The second kappa shape index (κ2) is 8.78. The second-order valence-corrected chi connectivity index (χ2v) is 10.1. The number of rotatable bonds is 5. The Morgan fingerprint density at radius 3 is 2.19 bits per heavy atom. The highest BCUT2D eigenvalue weighted by atomic mass is 32.2. The molecule has 12 heteroatoms. The molecule has 0 aromatic heterocycles. The van der Waals surface area contributed by atoms with E-state index in [-0.39, 0.29) is 50.8 Å². The first-order chi connectivity index (χ1) is 14.3. The van der Waals surface area contributed by atoms with Gasteiger partial charge in [0.1, 0.15) is 0 Å². The van der Waals surface area contributed by atoms with Crippen LogP contribution in [0.1, 0.15) is 24.8 Å². The standard InChI is InChI=1S/C19H24F6N2O3S/c1-30-14-3-4-15(11-14)31(28,29)17-5-2-13(10-16(17)19(23,24)25)27-8-6-26(7-9-27)12-18(20,21)22/h2,5,10,14-15H,3-4,6-9,11-12H2,1H3/t14-,15-/m1/s1. The summed E-state index contributed by atoms with van der Waals surface area (Å²) in [5.41, 5.74) is -1.11. The summed E-state index contributed by atoms with van der Waals surface area (Å²) in [4.78, 5) is 1.96. The third kappa shape index (κ3) is 5.64. The van der Waals surface area contributed by atoms with Crippen molar-refractivity contribution in [3.63, 3.8) is 0 Å². The first-order valence-electron chi connectivity index (χ1n) is 9.83. The van der Waals surface area contributed by atoms with Gasteiger partial charge in [-0.15, -0.1) is 0 Å². The Bertz CT molecular complexity index is 880. The van der Waals surface area contributed by atoms with Crippen LogP contribution in [0.4, 0.5) is 32.0 Å². The Morgan fingerprint density at radius 2 is 1.68 bits per heavy atom. The molecule has 5 nitrogen and oxygen atoms in total. The van der Waals surface area contributed by atoms with Gasteiger partial charge in [-0.3, -0.25) is 4.90 Å². The monoisotopic (exact) mass is 474 g/mol.